The molecule has 1 amide bonds. The zero-order valence-electron chi connectivity index (χ0n) is 32.7. The van der Waals surface area contributed by atoms with E-state index >= 15 is 0 Å². The highest BCUT2D eigenvalue weighted by molar-refractivity contribution is 5.80. The predicted octanol–water partition coefficient (Wildman–Crippen LogP) is 11.0. The fourth-order valence-electron chi connectivity index (χ4n) is 6.75. The Labute approximate surface area is 304 Å². The van der Waals surface area contributed by atoms with Crippen LogP contribution in [-0.2, 0) is 4.79 Å². The molecule has 5 N–H and O–H groups in total. The molecule has 4 atom stereocenters. The molecule has 0 aromatic carbocycles. The second kappa shape index (κ2) is 38.3. The second-order valence-corrected chi connectivity index (χ2v) is 15.0. The first-order valence-corrected chi connectivity index (χ1v) is 21.6. The number of allylic oxidation sites excluding steroid dienone is 2. The highest BCUT2D eigenvalue weighted by Gasteiger charge is 2.28. The smallest absolute Gasteiger partial charge is 0.249 e. The minimum absolute atomic E-state index is 0.357. The summed E-state index contributed by atoms with van der Waals surface area (Å²) >= 11 is 0. The van der Waals surface area contributed by atoms with Gasteiger partial charge in [-0.15, -0.1) is 0 Å². The monoisotopic (exact) mass is 696 g/mol. The molecule has 0 saturated carbocycles. The summed E-state index contributed by atoms with van der Waals surface area (Å²) in [6, 6.07) is -0.986. The van der Waals surface area contributed by atoms with Gasteiger partial charge in [0, 0.05) is 0 Å². The first kappa shape index (κ1) is 48.0. The number of unbranched alkanes of at least 4 members (excludes halogenated alkanes) is 28. The van der Waals surface area contributed by atoms with Gasteiger partial charge < -0.3 is 25.7 Å². The quantitative estimate of drug-likeness (QED) is 0.0325. The number of rotatable bonds is 39. The third-order valence-electron chi connectivity index (χ3n) is 10.2. The molecule has 0 fully saturated rings. The summed E-state index contributed by atoms with van der Waals surface area (Å²) in [6.45, 7) is 4.05. The molecule has 292 valence electrons. The highest BCUT2D eigenvalue weighted by atomic mass is 16.3. The minimum atomic E-state index is -1.26. The van der Waals surface area contributed by atoms with Gasteiger partial charge in [0.05, 0.1) is 18.8 Å². The van der Waals surface area contributed by atoms with Crippen LogP contribution < -0.4 is 5.32 Å². The number of carbonyl (C=O) groups excluding carboxylic acids is 1. The average molecular weight is 696 g/mol. The van der Waals surface area contributed by atoms with Gasteiger partial charge in [-0.3, -0.25) is 4.79 Å². The van der Waals surface area contributed by atoms with Gasteiger partial charge in [-0.25, -0.2) is 0 Å². The molecular weight excluding hydrogens is 610 g/mol. The van der Waals surface area contributed by atoms with E-state index in [2.05, 4.69) is 31.3 Å². The van der Waals surface area contributed by atoms with Gasteiger partial charge in [0.25, 0.3) is 0 Å². The molecule has 6 heteroatoms. The van der Waals surface area contributed by atoms with Crippen molar-refractivity contribution in [1.82, 2.24) is 5.32 Å². The summed E-state index contributed by atoms with van der Waals surface area (Å²) in [5.41, 5.74) is 0. The Bertz CT molecular complexity index is 702. The summed E-state index contributed by atoms with van der Waals surface area (Å²) < 4.78 is 0. The molecule has 0 aliphatic carbocycles. The van der Waals surface area contributed by atoms with Crippen LogP contribution in [0, 0.1) is 0 Å². The second-order valence-electron chi connectivity index (χ2n) is 15.0. The van der Waals surface area contributed by atoms with Crippen LogP contribution in [0.3, 0.4) is 0 Å². The zero-order chi connectivity index (χ0) is 36.0. The third-order valence-corrected chi connectivity index (χ3v) is 10.2. The first-order valence-electron chi connectivity index (χ1n) is 21.6. The van der Waals surface area contributed by atoms with Gasteiger partial charge in [0.2, 0.25) is 5.91 Å². The van der Waals surface area contributed by atoms with Gasteiger partial charge >= 0.3 is 0 Å². The molecule has 4 unspecified atom stereocenters. The number of aliphatic hydroxyl groups is 4. The Hall–Kier alpha value is -0.950. The van der Waals surface area contributed by atoms with Crippen molar-refractivity contribution in [3.63, 3.8) is 0 Å². The maximum Gasteiger partial charge on any atom is 0.249 e. The molecule has 0 aliphatic heterocycles. The Morgan fingerprint density at radius 1 is 0.490 bits per heavy atom. The van der Waals surface area contributed by atoms with Gasteiger partial charge in [-0.05, 0) is 38.5 Å². The lowest BCUT2D eigenvalue weighted by molar-refractivity contribution is -0.132. The van der Waals surface area contributed by atoms with Crippen molar-refractivity contribution in [2.24, 2.45) is 0 Å². The van der Waals surface area contributed by atoms with Crippen LogP contribution in [0.15, 0.2) is 12.2 Å². The lowest BCUT2D eigenvalue weighted by atomic mass is 9.99. The first-order chi connectivity index (χ1) is 24.0. The van der Waals surface area contributed by atoms with E-state index in [-0.39, 0.29) is 0 Å². The van der Waals surface area contributed by atoms with Crippen molar-refractivity contribution < 1.29 is 25.2 Å². The Kier molecular flexibility index (Phi) is 37.5. The van der Waals surface area contributed by atoms with E-state index < -0.39 is 36.9 Å². The maximum atomic E-state index is 12.5. The van der Waals surface area contributed by atoms with Gasteiger partial charge in [0.1, 0.15) is 12.2 Å². The van der Waals surface area contributed by atoms with E-state index in [1.165, 1.54) is 148 Å². The zero-order valence-corrected chi connectivity index (χ0v) is 32.7. The maximum absolute atomic E-state index is 12.5. The van der Waals surface area contributed by atoms with E-state index in [9.17, 15) is 25.2 Å². The normalized spacial score (nSPS) is 14.3. The van der Waals surface area contributed by atoms with Crippen molar-refractivity contribution in [3.05, 3.63) is 12.2 Å². The van der Waals surface area contributed by atoms with Crippen LogP contribution in [0.5, 0.6) is 0 Å². The molecule has 0 bridgehead atoms. The molecule has 49 heavy (non-hydrogen) atoms. The predicted molar refractivity (Wildman–Crippen MR) is 210 cm³/mol. The molecule has 0 rings (SSSR count). The topological polar surface area (TPSA) is 110 Å². The minimum Gasteiger partial charge on any atom is -0.394 e. The third kappa shape index (κ3) is 32.7. The summed E-state index contributed by atoms with van der Waals surface area (Å²) in [7, 11) is 0. The molecule has 0 spiro atoms. The Balaban J connectivity index is 3.76. The van der Waals surface area contributed by atoms with E-state index in [1.54, 1.807) is 0 Å². The molecular formula is C43H85NO5. The Morgan fingerprint density at radius 2 is 0.816 bits per heavy atom. The fourth-order valence-corrected chi connectivity index (χ4v) is 6.75. The summed E-state index contributed by atoms with van der Waals surface area (Å²) in [6.07, 6.45) is 40.9. The number of hydrogen-bond acceptors (Lipinski definition) is 5. The Morgan fingerprint density at radius 3 is 1.18 bits per heavy atom. The molecule has 0 heterocycles. The number of amides is 1. The van der Waals surface area contributed by atoms with E-state index in [4.69, 9.17) is 0 Å². The molecule has 0 saturated heterocycles. The lowest BCUT2D eigenvalue weighted by Gasteiger charge is -2.27. The van der Waals surface area contributed by atoms with Crippen molar-refractivity contribution in [1.29, 1.82) is 0 Å². The van der Waals surface area contributed by atoms with Gasteiger partial charge in [-0.1, -0.05) is 199 Å². The van der Waals surface area contributed by atoms with Crippen LogP contribution in [0.25, 0.3) is 0 Å². The van der Waals surface area contributed by atoms with Crippen LogP contribution in [0.2, 0.25) is 0 Å². The van der Waals surface area contributed by atoms with Crippen LogP contribution in [0.1, 0.15) is 226 Å². The summed E-state index contributed by atoms with van der Waals surface area (Å²) in [5, 5.41) is 43.6. The lowest BCUT2D eigenvalue weighted by Crippen LogP contribution is -2.53. The fraction of sp³-hybridized carbons (Fsp3) is 0.930. The van der Waals surface area contributed by atoms with Crippen molar-refractivity contribution in [3.8, 4) is 0 Å². The molecule has 0 aromatic rings. The van der Waals surface area contributed by atoms with E-state index in [1.807, 2.05) is 0 Å². The number of carbonyl (C=O) groups is 1. The molecule has 0 aromatic heterocycles. The SMILES string of the molecule is CCCCCCCCCCC/C=C\CCCCCCC(O)C(=O)NC(CO)C(O)C(O)CCCCCCCCCCCCCCCCCC. The standard InChI is InChI=1S/C43H85NO5/c1-3-5-7-9-11-13-15-17-19-21-23-25-27-29-31-33-35-37-41(47)43(49)44-39(38-45)42(48)40(46)36-34-32-30-28-26-24-22-20-18-16-14-12-10-8-6-4-2/h23,25,39-42,45-48H,3-22,24,26-38H2,1-2H3,(H,44,49)/b25-23-. The number of aliphatic hydroxyl groups excluding tert-OH is 4. The van der Waals surface area contributed by atoms with Crippen LogP contribution in [-0.4, -0.2) is 57.3 Å². The average Bonchev–Trinajstić information content (AvgIpc) is 3.11. The highest BCUT2D eigenvalue weighted by Crippen LogP contribution is 2.16. The van der Waals surface area contributed by atoms with Crippen molar-refractivity contribution >= 4 is 5.91 Å². The summed E-state index contributed by atoms with van der Waals surface area (Å²) in [5.74, 6) is -0.591. The van der Waals surface area contributed by atoms with E-state index in [0.717, 1.165) is 51.4 Å². The number of hydrogen-bond donors (Lipinski definition) is 5. The number of nitrogens with one attached hydrogen (secondary N) is 1. The molecule has 6 nitrogen and oxygen atoms in total. The molecule has 0 radical (unpaired) electrons. The van der Waals surface area contributed by atoms with Crippen molar-refractivity contribution in [2.45, 2.75) is 250 Å². The largest absolute Gasteiger partial charge is 0.394 e. The summed E-state index contributed by atoms with van der Waals surface area (Å²) in [4.78, 5) is 12.5. The van der Waals surface area contributed by atoms with Gasteiger partial charge in [0.15, 0.2) is 0 Å². The molecule has 0 aliphatic rings. The van der Waals surface area contributed by atoms with Crippen molar-refractivity contribution in [2.75, 3.05) is 6.61 Å². The van der Waals surface area contributed by atoms with Crippen LogP contribution in [0.4, 0.5) is 0 Å². The van der Waals surface area contributed by atoms with Gasteiger partial charge in [-0.2, -0.15) is 0 Å². The van der Waals surface area contributed by atoms with E-state index in [0.29, 0.717) is 12.8 Å². The van der Waals surface area contributed by atoms with Crippen LogP contribution >= 0.6 is 0 Å².